The number of aromatic nitrogens is 1. The average Bonchev–Trinajstić information content (AvgIpc) is 3.20. The van der Waals surface area contributed by atoms with Gasteiger partial charge in [0.15, 0.2) is 0 Å². The van der Waals surface area contributed by atoms with Crippen molar-refractivity contribution in [3.63, 3.8) is 0 Å². The van der Waals surface area contributed by atoms with Crippen LogP contribution in [0.3, 0.4) is 0 Å². The summed E-state index contributed by atoms with van der Waals surface area (Å²) in [5.41, 5.74) is 6.39. The van der Waals surface area contributed by atoms with Crippen molar-refractivity contribution >= 4 is 17.5 Å². The molecular weight excluding hydrogens is 430 g/mol. The van der Waals surface area contributed by atoms with Crippen molar-refractivity contribution in [2.75, 3.05) is 21.3 Å². The van der Waals surface area contributed by atoms with Crippen molar-refractivity contribution in [3.05, 3.63) is 82.2 Å². The summed E-state index contributed by atoms with van der Waals surface area (Å²) in [6.45, 7) is 4.51. The van der Waals surface area contributed by atoms with Gasteiger partial charge in [0.05, 0.1) is 44.8 Å². The van der Waals surface area contributed by atoms with Gasteiger partial charge in [-0.1, -0.05) is 18.2 Å². The van der Waals surface area contributed by atoms with Crippen molar-refractivity contribution in [3.8, 4) is 11.5 Å². The largest absolute Gasteiger partial charge is 0.497 e. The maximum Gasteiger partial charge on any atom is 0.337 e. The van der Waals surface area contributed by atoms with Crippen LogP contribution in [0.1, 0.15) is 44.2 Å². The van der Waals surface area contributed by atoms with Crippen LogP contribution in [0.25, 0.3) is 0 Å². The van der Waals surface area contributed by atoms with Crippen LogP contribution >= 0.6 is 0 Å². The van der Waals surface area contributed by atoms with E-state index in [9.17, 15) is 4.79 Å². The van der Waals surface area contributed by atoms with Crippen molar-refractivity contribution in [1.82, 2.24) is 10.3 Å². The van der Waals surface area contributed by atoms with Crippen molar-refractivity contribution in [2.45, 2.75) is 32.7 Å². The van der Waals surface area contributed by atoms with Gasteiger partial charge in [-0.2, -0.15) is 0 Å². The van der Waals surface area contributed by atoms with Crippen LogP contribution in [-0.2, 0) is 17.7 Å². The van der Waals surface area contributed by atoms with Crippen LogP contribution in [0.2, 0.25) is 0 Å². The number of benzene rings is 2. The first kappa shape index (κ1) is 23.3. The average molecular weight is 460 g/mol. The molecule has 3 aromatic rings. The Hall–Kier alpha value is -3.87. The van der Waals surface area contributed by atoms with E-state index in [1.54, 1.807) is 26.4 Å². The number of ether oxygens (including phenoxy) is 3. The zero-order valence-electron chi connectivity index (χ0n) is 20.1. The number of nitrogens with zero attached hydrogens (tertiary/aromatic N) is 2. The Morgan fingerprint density at radius 3 is 2.47 bits per heavy atom. The van der Waals surface area contributed by atoms with Crippen LogP contribution in [0.4, 0.5) is 5.69 Å². The lowest BCUT2D eigenvalue weighted by Crippen LogP contribution is -2.28. The number of rotatable bonds is 7. The molecule has 1 unspecified atom stereocenters. The number of carbonyl (C=O) groups is 1. The minimum absolute atomic E-state index is 0.0164. The second-order valence-corrected chi connectivity index (χ2v) is 8.27. The third kappa shape index (κ3) is 4.59. The minimum Gasteiger partial charge on any atom is -0.497 e. The standard InChI is InChI=1S/C27H29N3O4/c1-16-14-28-24(17(2)25(16)33-4)15-29-26-22(12-18-6-9-20(32-3)10-7-18)21-11-8-19(27(31)34-5)13-23(21)30-26/h6-11,13-14,22H,12,15H2,1-5H3,(H,29,30). The summed E-state index contributed by atoms with van der Waals surface area (Å²) in [5.74, 6) is 2.15. The van der Waals surface area contributed by atoms with Gasteiger partial charge in [-0.25, -0.2) is 9.79 Å². The van der Waals surface area contributed by atoms with E-state index in [0.717, 1.165) is 57.4 Å². The van der Waals surface area contributed by atoms with E-state index in [1.807, 2.05) is 38.2 Å². The van der Waals surface area contributed by atoms with Crippen molar-refractivity contribution in [2.24, 2.45) is 4.99 Å². The molecule has 7 heteroatoms. The Labute approximate surface area is 199 Å². The highest BCUT2D eigenvalue weighted by Gasteiger charge is 2.29. The quantitative estimate of drug-likeness (QED) is 0.518. The van der Waals surface area contributed by atoms with Crippen LogP contribution < -0.4 is 14.8 Å². The van der Waals surface area contributed by atoms with Gasteiger partial charge < -0.3 is 19.5 Å². The first-order valence-electron chi connectivity index (χ1n) is 11.1. The van der Waals surface area contributed by atoms with E-state index in [-0.39, 0.29) is 11.9 Å². The van der Waals surface area contributed by atoms with Crippen molar-refractivity contribution < 1.29 is 19.0 Å². The molecule has 2 heterocycles. The number of fused-ring (bicyclic) bond motifs is 1. The highest BCUT2D eigenvalue weighted by atomic mass is 16.5. The number of esters is 1. The lowest BCUT2D eigenvalue weighted by molar-refractivity contribution is 0.0600. The molecule has 0 radical (unpaired) electrons. The number of pyridine rings is 1. The van der Waals surface area contributed by atoms with E-state index < -0.39 is 0 Å². The molecule has 1 N–H and O–H groups in total. The maximum atomic E-state index is 12.0. The van der Waals surface area contributed by atoms with Gasteiger partial charge >= 0.3 is 5.97 Å². The third-order valence-electron chi connectivity index (χ3n) is 6.18. The third-order valence-corrected chi connectivity index (χ3v) is 6.18. The maximum absolute atomic E-state index is 12.0. The summed E-state index contributed by atoms with van der Waals surface area (Å²) >= 11 is 0. The SMILES string of the molecule is COC(=O)c1ccc2c(c1)N=C(NCc1ncc(C)c(OC)c1C)C2Cc1ccc(OC)cc1. The Morgan fingerprint density at radius 1 is 1.03 bits per heavy atom. The molecule has 176 valence electrons. The van der Waals surface area contributed by atoms with Gasteiger partial charge in [0.1, 0.15) is 17.3 Å². The fourth-order valence-electron chi connectivity index (χ4n) is 4.33. The Kier molecular flexibility index (Phi) is 6.82. The molecule has 0 bridgehead atoms. The number of carbonyl (C=O) groups excluding carboxylic acids is 1. The van der Waals surface area contributed by atoms with Gasteiger partial charge in [0.25, 0.3) is 0 Å². The fraction of sp³-hybridized carbons (Fsp3) is 0.296. The molecule has 0 amide bonds. The summed E-state index contributed by atoms with van der Waals surface area (Å²) in [6.07, 6.45) is 2.58. The van der Waals surface area contributed by atoms with Gasteiger partial charge in [-0.05, 0) is 55.7 Å². The fourth-order valence-corrected chi connectivity index (χ4v) is 4.33. The lowest BCUT2D eigenvalue weighted by atomic mass is 9.91. The Balaban J connectivity index is 1.63. The molecule has 0 saturated heterocycles. The molecule has 1 atom stereocenters. The minimum atomic E-state index is -0.377. The number of nitrogens with one attached hydrogen (secondary N) is 1. The van der Waals surface area contributed by atoms with Crippen molar-refractivity contribution in [1.29, 1.82) is 0 Å². The zero-order chi connectivity index (χ0) is 24.2. The van der Waals surface area contributed by atoms with E-state index in [1.165, 1.54) is 7.11 Å². The summed E-state index contributed by atoms with van der Waals surface area (Å²) < 4.78 is 15.7. The van der Waals surface area contributed by atoms with E-state index >= 15 is 0 Å². The second kappa shape index (κ2) is 9.95. The molecule has 1 aromatic heterocycles. The molecule has 34 heavy (non-hydrogen) atoms. The molecule has 7 nitrogen and oxygen atoms in total. The molecule has 2 aromatic carbocycles. The molecule has 0 aliphatic carbocycles. The number of aliphatic imine (C=N–C) groups is 1. The number of methoxy groups -OCH3 is 3. The summed E-state index contributed by atoms with van der Waals surface area (Å²) in [5, 5.41) is 3.50. The van der Waals surface area contributed by atoms with Crippen LogP contribution in [0.5, 0.6) is 11.5 Å². The summed E-state index contributed by atoms with van der Waals surface area (Å²) in [6, 6.07) is 13.6. The molecule has 1 aliphatic rings. The van der Waals surface area contributed by atoms with Gasteiger partial charge in [-0.3, -0.25) is 4.98 Å². The van der Waals surface area contributed by atoms with E-state index in [4.69, 9.17) is 19.2 Å². The molecule has 0 fully saturated rings. The number of hydrogen-bond acceptors (Lipinski definition) is 7. The smallest absolute Gasteiger partial charge is 0.337 e. The van der Waals surface area contributed by atoms with Gasteiger partial charge in [0.2, 0.25) is 0 Å². The normalized spacial score (nSPS) is 14.3. The summed E-state index contributed by atoms with van der Waals surface area (Å²) in [4.78, 5) is 21.5. The van der Waals surface area contributed by atoms with E-state index in [0.29, 0.717) is 12.1 Å². The predicted octanol–water partition coefficient (Wildman–Crippen LogP) is 4.66. The van der Waals surface area contributed by atoms with E-state index in [2.05, 4.69) is 22.4 Å². The molecular formula is C27H29N3O4. The Bertz CT molecular complexity index is 1240. The molecule has 0 spiro atoms. The predicted molar refractivity (Wildman–Crippen MR) is 131 cm³/mol. The zero-order valence-corrected chi connectivity index (χ0v) is 20.1. The molecule has 0 saturated carbocycles. The highest BCUT2D eigenvalue weighted by Crippen LogP contribution is 2.38. The monoisotopic (exact) mass is 459 g/mol. The number of aryl methyl sites for hydroxylation is 1. The molecule has 1 aliphatic heterocycles. The first-order valence-corrected chi connectivity index (χ1v) is 11.1. The Morgan fingerprint density at radius 2 is 1.79 bits per heavy atom. The number of hydrogen-bond donors (Lipinski definition) is 1. The highest BCUT2D eigenvalue weighted by molar-refractivity contribution is 5.98. The van der Waals surface area contributed by atoms with Crippen LogP contribution in [-0.4, -0.2) is 38.1 Å². The van der Waals surface area contributed by atoms with Gasteiger partial charge in [0, 0.05) is 23.2 Å². The first-order chi connectivity index (χ1) is 16.4. The summed E-state index contributed by atoms with van der Waals surface area (Å²) in [7, 11) is 4.71. The number of amidine groups is 1. The lowest BCUT2D eigenvalue weighted by Gasteiger charge is -2.18. The van der Waals surface area contributed by atoms with Gasteiger partial charge in [-0.15, -0.1) is 0 Å². The van der Waals surface area contributed by atoms with Crippen LogP contribution in [0, 0.1) is 13.8 Å². The molecule has 4 rings (SSSR count). The topological polar surface area (TPSA) is 82.0 Å². The second-order valence-electron chi connectivity index (χ2n) is 8.27. The van der Waals surface area contributed by atoms with Crippen LogP contribution in [0.15, 0.2) is 53.7 Å².